The van der Waals surface area contributed by atoms with Crippen LogP contribution in [-0.2, 0) is 9.53 Å². The average molecular weight is 429 g/mol. The number of ether oxygens (including phenoxy) is 3. The minimum Gasteiger partial charge on any atom is -0.503 e. The highest BCUT2D eigenvalue weighted by Gasteiger charge is 2.46. The number of Topliss-reactive ketones (excluding diaryl/α,β-unsaturated/α-hetero) is 1. The molecule has 158 valence electrons. The molecule has 1 aromatic carbocycles. The summed E-state index contributed by atoms with van der Waals surface area (Å²) in [7, 11) is 3.07. The van der Waals surface area contributed by atoms with Crippen molar-refractivity contribution in [1.29, 1.82) is 0 Å². The average Bonchev–Trinajstić information content (AvgIpc) is 3.52. The third kappa shape index (κ3) is 3.57. The van der Waals surface area contributed by atoms with Gasteiger partial charge in [-0.3, -0.25) is 9.59 Å². The maximum Gasteiger partial charge on any atom is 0.290 e. The van der Waals surface area contributed by atoms with Crippen molar-refractivity contribution in [2.75, 3.05) is 27.4 Å². The zero-order valence-corrected chi connectivity index (χ0v) is 17.6. The number of rotatable bonds is 7. The van der Waals surface area contributed by atoms with E-state index in [2.05, 4.69) is 0 Å². The number of benzene rings is 1. The van der Waals surface area contributed by atoms with Crippen molar-refractivity contribution in [3.05, 3.63) is 57.5 Å². The summed E-state index contributed by atoms with van der Waals surface area (Å²) in [5.41, 5.74) is 0.624. The number of carbonyl (C=O) groups is 2. The summed E-state index contributed by atoms with van der Waals surface area (Å²) >= 11 is 1.26. The number of aliphatic hydroxyl groups is 1. The highest BCUT2D eigenvalue weighted by molar-refractivity contribution is 7.12. The summed E-state index contributed by atoms with van der Waals surface area (Å²) in [6, 6.07) is 7.85. The predicted octanol–water partition coefficient (Wildman–Crippen LogP) is 3.52. The molecule has 1 amide bonds. The van der Waals surface area contributed by atoms with Crippen molar-refractivity contribution in [3.63, 3.8) is 0 Å². The molecule has 8 heteroatoms. The van der Waals surface area contributed by atoms with Gasteiger partial charge in [-0.25, -0.2) is 0 Å². The second kappa shape index (κ2) is 8.49. The van der Waals surface area contributed by atoms with Crippen LogP contribution in [0.5, 0.6) is 11.5 Å². The number of hydrogen-bond acceptors (Lipinski definition) is 7. The first-order valence-corrected chi connectivity index (χ1v) is 10.6. The molecule has 1 saturated heterocycles. The largest absolute Gasteiger partial charge is 0.503 e. The van der Waals surface area contributed by atoms with E-state index in [0.717, 1.165) is 12.8 Å². The van der Waals surface area contributed by atoms with Crippen LogP contribution in [0.3, 0.4) is 0 Å². The van der Waals surface area contributed by atoms with Crippen LogP contribution in [0.2, 0.25) is 0 Å². The van der Waals surface area contributed by atoms with Gasteiger partial charge >= 0.3 is 0 Å². The van der Waals surface area contributed by atoms with Gasteiger partial charge in [0, 0.05) is 18.7 Å². The molecule has 2 aliphatic rings. The molecule has 2 aromatic rings. The smallest absolute Gasteiger partial charge is 0.290 e. The lowest BCUT2D eigenvalue weighted by atomic mass is 9.94. The molecule has 0 unspecified atom stereocenters. The Balaban J connectivity index is 1.83. The number of amides is 1. The van der Waals surface area contributed by atoms with Crippen LogP contribution in [0, 0.1) is 0 Å². The third-order valence-corrected chi connectivity index (χ3v) is 6.32. The van der Waals surface area contributed by atoms with E-state index in [1.54, 1.807) is 42.8 Å². The van der Waals surface area contributed by atoms with Gasteiger partial charge in [0.05, 0.1) is 36.8 Å². The van der Waals surface area contributed by atoms with Gasteiger partial charge in [0.2, 0.25) is 5.78 Å². The Hall–Kier alpha value is -2.84. The molecule has 1 fully saturated rings. The fraction of sp³-hybridized carbons (Fsp3) is 0.364. The number of thiophene rings is 1. The molecule has 1 aromatic heterocycles. The first-order chi connectivity index (χ1) is 14.5. The molecule has 0 saturated carbocycles. The van der Waals surface area contributed by atoms with E-state index in [4.69, 9.17) is 14.2 Å². The van der Waals surface area contributed by atoms with Crippen molar-refractivity contribution >= 4 is 23.0 Å². The second-order valence-corrected chi connectivity index (χ2v) is 8.12. The SMILES string of the molecule is COc1ccc(OC)c([C@H]2C(C(=O)c3cccs3)=C(O)C(=O)N2C[C@H]2CCCO2)c1. The van der Waals surface area contributed by atoms with Crippen molar-refractivity contribution in [2.45, 2.75) is 25.0 Å². The van der Waals surface area contributed by atoms with Crippen molar-refractivity contribution < 1.29 is 28.9 Å². The minimum absolute atomic E-state index is 0.0481. The van der Waals surface area contributed by atoms with E-state index >= 15 is 0 Å². The molecule has 30 heavy (non-hydrogen) atoms. The molecular weight excluding hydrogens is 406 g/mol. The fourth-order valence-corrected chi connectivity index (χ4v) is 4.68. The maximum atomic E-state index is 13.3. The molecule has 0 bridgehead atoms. The topological polar surface area (TPSA) is 85.3 Å². The Morgan fingerprint density at radius 1 is 1.30 bits per heavy atom. The van der Waals surface area contributed by atoms with Crippen LogP contribution in [0.1, 0.15) is 34.1 Å². The summed E-state index contributed by atoms with van der Waals surface area (Å²) in [5, 5.41) is 12.5. The third-order valence-electron chi connectivity index (χ3n) is 5.45. The first-order valence-electron chi connectivity index (χ1n) is 9.71. The molecule has 0 aliphatic carbocycles. The fourth-order valence-electron chi connectivity index (χ4n) is 4.00. The normalized spacial score (nSPS) is 21.4. The lowest BCUT2D eigenvalue weighted by Crippen LogP contribution is -2.37. The van der Waals surface area contributed by atoms with Gasteiger partial charge in [0.25, 0.3) is 5.91 Å². The second-order valence-electron chi connectivity index (χ2n) is 7.17. The summed E-state index contributed by atoms with van der Waals surface area (Å²) in [6.07, 6.45) is 1.60. The van der Waals surface area contributed by atoms with Crippen LogP contribution in [-0.4, -0.2) is 55.2 Å². The Kier molecular flexibility index (Phi) is 5.78. The van der Waals surface area contributed by atoms with Gasteiger partial charge in [-0.2, -0.15) is 0 Å². The van der Waals surface area contributed by atoms with E-state index in [0.29, 0.717) is 28.5 Å². The summed E-state index contributed by atoms with van der Waals surface area (Å²) in [5.74, 6) is -0.427. The highest BCUT2D eigenvalue weighted by Crippen LogP contribution is 2.44. The van der Waals surface area contributed by atoms with Crippen LogP contribution in [0.15, 0.2) is 47.0 Å². The zero-order chi connectivity index (χ0) is 21.3. The maximum absolute atomic E-state index is 13.3. The van der Waals surface area contributed by atoms with Gasteiger partial charge in [-0.1, -0.05) is 6.07 Å². The van der Waals surface area contributed by atoms with Gasteiger partial charge in [-0.15, -0.1) is 11.3 Å². The van der Waals surface area contributed by atoms with Gasteiger partial charge < -0.3 is 24.2 Å². The molecule has 3 heterocycles. The lowest BCUT2D eigenvalue weighted by molar-refractivity contribution is -0.131. The van der Waals surface area contributed by atoms with Crippen LogP contribution in [0.4, 0.5) is 0 Å². The van der Waals surface area contributed by atoms with E-state index in [1.165, 1.54) is 23.3 Å². The van der Waals surface area contributed by atoms with E-state index in [9.17, 15) is 14.7 Å². The highest BCUT2D eigenvalue weighted by atomic mass is 32.1. The van der Waals surface area contributed by atoms with Gasteiger partial charge in [-0.05, 0) is 42.5 Å². The monoisotopic (exact) mass is 429 g/mol. The zero-order valence-electron chi connectivity index (χ0n) is 16.8. The first kappa shape index (κ1) is 20.4. The van der Waals surface area contributed by atoms with Crippen LogP contribution >= 0.6 is 11.3 Å². The van der Waals surface area contributed by atoms with Crippen LogP contribution < -0.4 is 9.47 Å². The van der Waals surface area contributed by atoms with Gasteiger partial charge in [0.1, 0.15) is 11.5 Å². The summed E-state index contributed by atoms with van der Waals surface area (Å²) < 4.78 is 16.6. The molecule has 2 atom stereocenters. The molecule has 7 nitrogen and oxygen atoms in total. The standard InChI is InChI=1S/C22H23NO6S/c1-27-13-7-8-16(28-2)15(11-13)19-18(20(24)17-6-4-10-30-17)21(25)22(26)23(19)12-14-5-3-9-29-14/h4,6-8,10-11,14,19,25H,3,5,9,12H2,1-2H3/t14-,19+/m1/s1. The number of aliphatic hydroxyl groups excluding tert-OH is 1. The minimum atomic E-state index is -0.804. The Morgan fingerprint density at radius 2 is 2.13 bits per heavy atom. The number of methoxy groups -OCH3 is 2. The lowest BCUT2D eigenvalue weighted by Gasteiger charge is -2.30. The Labute approximate surface area is 178 Å². The quantitative estimate of drug-likeness (QED) is 0.678. The molecule has 2 aliphatic heterocycles. The Bertz CT molecular complexity index is 978. The van der Waals surface area contributed by atoms with E-state index in [-0.39, 0.29) is 24.0 Å². The van der Waals surface area contributed by atoms with E-state index in [1.807, 2.05) is 0 Å². The Morgan fingerprint density at radius 3 is 2.77 bits per heavy atom. The van der Waals surface area contributed by atoms with E-state index < -0.39 is 17.7 Å². The van der Waals surface area contributed by atoms with Crippen molar-refractivity contribution in [3.8, 4) is 11.5 Å². The molecule has 0 radical (unpaired) electrons. The predicted molar refractivity (Wildman–Crippen MR) is 111 cm³/mol. The summed E-state index contributed by atoms with van der Waals surface area (Å²) in [6.45, 7) is 0.912. The number of ketones is 1. The van der Waals surface area contributed by atoms with Crippen LogP contribution in [0.25, 0.3) is 0 Å². The van der Waals surface area contributed by atoms with Gasteiger partial charge in [0.15, 0.2) is 5.76 Å². The molecule has 4 rings (SSSR count). The number of nitrogens with zero attached hydrogens (tertiary/aromatic N) is 1. The number of carbonyl (C=O) groups excluding carboxylic acids is 2. The molecule has 1 N–H and O–H groups in total. The molecular formula is C22H23NO6S. The number of hydrogen-bond donors (Lipinski definition) is 1. The molecule has 0 spiro atoms. The van der Waals surface area contributed by atoms with Crippen molar-refractivity contribution in [1.82, 2.24) is 4.90 Å². The van der Waals surface area contributed by atoms with Crippen molar-refractivity contribution in [2.24, 2.45) is 0 Å². The summed E-state index contributed by atoms with van der Waals surface area (Å²) in [4.78, 5) is 28.3.